The van der Waals surface area contributed by atoms with Gasteiger partial charge in [0.25, 0.3) is 0 Å². The number of carbonyl (C=O) groups excluding carboxylic acids is 1. The van der Waals surface area contributed by atoms with Crippen molar-refractivity contribution in [2.24, 2.45) is 5.73 Å². The van der Waals surface area contributed by atoms with Gasteiger partial charge >= 0.3 is 0 Å². The average molecular weight is 377 g/mol. The summed E-state index contributed by atoms with van der Waals surface area (Å²) in [5, 5.41) is 0. The van der Waals surface area contributed by atoms with Gasteiger partial charge in [-0.3, -0.25) is 4.79 Å². The molecule has 2 N–H and O–H groups in total. The van der Waals surface area contributed by atoms with Gasteiger partial charge in [0.2, 0.25) is 5.91 Å². The molecule has 1 aliphatic carbocycles. The predicted octanol–water partition coefficient (Wildman–Crippen LogP) is 1.85. The minimum absolute atomic E-state index is 0. The fraction of sp³-hybridized carbons (Fsp3) is 0.625. The van der Waals surface area contributed by atoms with Gasteiger partial charge < -0.3 is 20.3 Å². The van der Waals surface area contributed by atoms with Gasteiger partial charge in [-0.1, -0.05) is 12.8 Å². The largest absolute Gasteiger partial charge is 0.497 e. The van der Waals surface area contributed by atoms with Gasteiger partial charge in [-0.25, -0.2) is 4.98 Å². The van der Waals surface area contributed by atoms with Crippen LogP contribution in [0, 0.1) is 0 Å². The normalized spacial score (nSPS) is 19.2. The van der Waals surface area contributed by atoms with E-state index in [0.29, 0.717) is 13.1 Å². The Hall–Kier alpha value is -1.24. The van der Waals surface area contributed by atoms with Crippen molar-refractivity contribution in [1.29, 1.82) is 0 Å². The van der Waals surface area contributed by atoms with E-state index >= 15 is 0 Å². The van der Waals surface area contributed by atoms with Crippen LogP contribution >= 0.6 is 24.8 Å². The number of ether oxygens (including phenoxy) is 1. The van der Waals surface area contributed by atoms with E-state index in [0.717, 1.165) is 50.3 Å². The van der Waals surface area contributed by atoms with Crippen LogP contribution in [0.4, 0.5) is 5.82 Å². The second kappa shape index (κ2) is 8.74. The van der Waals surface area contributed by atoms with Crippen molar-refractivity contribution >= 4 is 36.5 Å². The van der Waals surface area contributed by atoms with Gasteiger partial charge in [0.1, 0.15) is 11.6 Å². The van der Waals surface area contributed by atoms with Crippen molar-refractivity contribution in [3.63, 3.8) is 0 Å². The summed E-state index contributed by atoms with van der Waals surface area (Å²) < 4.78 is 5.24. The molecule has 24 heavy (non-hydrogen) atoms. The molecule has 0 spiro atoms. The van der Waals surface area contributed by atoms with E-state index in [9.17, 15) is 4.79 Å². The Kier molecular flexibility index (Phi) is 7.57. The van der Waals surface area contributed by atoms with E-state index in [1.54, 1.807) is 13.3 Å². The molecule has 2 fully saturated rings. The maximum Gasteiger partial charge on any atom is 0.242 e. The van der Waals surface area contributed by atoms with E-state index in [4.69, 9.17) is 10.5 Å². The van der Waals surface area contributed by atoms with Crippen molar-refractivity contribution in [2.45, 2.75) is 31.2 Å². The molecule has 0 atom stereocenters. The van der Waals surface area contributed by atoms with Crippen LogP contribution in [-0.4, -0.2) is 54.6 Å². The maximum atomic E-state index is 12.6. The number of piperazine rings is 1. The number of aromatic nitrogens is 1. The van der Waals surface area contributed by atoms with Gasteiger partial charge in [-0.05, 0) is 18.9 Å². The lowest BCUT2D eigenvalue weighted by Crippen LogP contribution is -2.58. The van der Waals surface area contributed by atoms with Crippen LogP contribution in [0.25, 0.3) is 0 Å². The number of nitrogens with zero attached hydrogens (tertiary/aromatic N) is 3. The number of methoxy groups -OCH3 is 1. The third-order valence-electron chi connectivity index (χ3n) is 4.77. The van der Waals surface area contributed by atoms with E-state index in [1.807, 2.05) is 17.0 Å². The SMILES string of the molecule is COc1ccnc(N2CCN(C(=O)C3(N)CCCC3)CC2)c1.Cl.Cl. The molecule has 1 aromatic rings. The molecular formula is C16H26Cl2N4O2. The molecule has 1 saturated heterocycles. The summed E-state index contributed by atoms with van der Waals surface area (Å²) in [5.41, 5.74) is 5.67. The number of rotatable bonds is 3. The number of hydrogen-bond donors (Lipinski definition) is 1. The Balaban J connectivity index is 0.00000144. The van der Waals surface area contributed by atoms with Crippen molar-refractivity contribution in [3.8, 4) is 5.75 Å². The van der Waals surface area contributed by atoms with Gasteiger partial charge in [0.05, 0.1) is 12.6 Å². The number of carbonyl (C=O) groups is 1. The zero-order valence-electron chi connectivity index (χ0n) is 13.9. The highest BCUT2D eigenvalue weighted by Gasteiger charge is 2.40. The first kappa shape index (κ1) is 20.8. The van der Waals surface area contributed by atoms with Crippen LogP contribution in [-0.2, 0) is 4.79 Å². The third kappa shape index (κ3) is 4.23. The van der Waals surface area contributed by atoms with Crippen LogP contribution in [0.3, 0.4) is 0 Å². The highest BCUT2D eigenvalue weighted by molar-refractivity contribution is 5.86. The number of amides is 1. The minimum atomic E-state index is -0.615. The van der Waals surface area contributed by atoms with Gasteiger partial charge in [-0.15, -0.1) is 24.8 Å². The molecule has 3 rings (SSSR count). The van der Waals surface area contributed by atoms with Crippen LogP contribution in [0.15, 0.2) is 18.3 Å². The Bertz CT molecular complexity index is 545. The zero-order chi connectivity index (χ0) is 15.6. The molecule has 2 heterocycles. The maximum absolute atomic E-state index is 12.6. The van der Waals surface area contributed by atoms with Crippen LogP contribution in [0.1, 0.15) is 25.7 Å². The monoisotopic (exact) mass is 376 g/mol. The average Bonchev–Trinajstić information content (AvgIpc) is 3.02. The summed E-state index contributed by atoms with van der Waals surface area (Å²) in [6.45, 7) is 2.97. The number of halogens is 2. The van der Waals surface area contributed by atoms with Crippen molar-refractivity contribution in [1.82, 2.24) is 9.88 Å². The molecule has 1 aliphatic heterocycles. The molecule has 2 aliphatic rings. The Morgan fingerprint density at radius 3 is 2.42 bits per heavy atom. The molecule has 0 unspecified atom stereocenters. The summed E-state index contributed by atoms with van der Waals surface area (Å²) in [7, 11) is 1.65. The molecule has 1 aromatic heterocycles. The summed E-state index contributed by atoms with van der Waals surface area (Å²) in [4.78, 5) is 21.1. The quantitative estimate of drug-likeness (QED) is 0.871. The molecule has 0 bridgehead atoms. The van der Waals surface area contributed by atoms with Crippen molar-refractivity contribution in [3.05, 3.63) is 18.3 Å². The topological polar surface area (TPSA) is 71.7 Å². The van der Waals surface area contributed by atoms with Gasteiger partial charge in [0, 0.05) is 38.4 Å². The first-order chi connectivity index (χ1) is 10.6. The van der Waals surface area contributed by atoms with Crippen LogP contribution < -0.4 is 15.4 Å². The first-order valence-electron chi connectivity index (χ1n) is 7.96. The Morgan fingerprint density at radius 1 is 1.21 bits per heavy atom. The Labute approximate surface area is 155 Å². The van der Waals surface area contributed by atoms with Crippen molar-refractivity contribution < 1.29 is 9.53 Å². The standard InChI is InChI=1S/C16H24N4O2.2ClH/c1-22-13-4-7-18-14(12-13)19-8-10-20(11-9-19)15(21)16(17)5-2-3-6-16;;/h4,7,12H,2-3,5-6,8-11,17H2,1H3;2*1H. The van der Waals surface area contributed by atoms with E-state index in [-0.39, 0.29) is 30.7 Å². The highest BCUT2D eigenvalue weighted by Crippen LogP contribution is 2.29. The van der Waals surface area contributed by atoms with E-state index < -0.39 is 5.54 Å². The molecule has 1 amide bonds. The summed E-state index contributed by atoms with van der Waals surface area (Å²) in [6, 6.07) is 3.76. The fourth-order valence-electron chi connectivity index (χ4n) is 3.37. The van der Waals surface area contributed by atoms with Gasteiger partial charge in [-0.2, -0.15) is 0 Å². The van der Waals surface area contributed by atoms with E-state index in [1.165, 1.54) is 0 Å². The predicted molar refractivity (Wildman–Crippen MR) is 99.5 cm³/mol. The molecule has 0 aromatic carbocycles. The van der Waals surface area contributed by atoms with Gasteiger partial charge in [0.15, 0.2) is 0 Å². The van der Waals surface area contributed by atoms with Crippen LogP contribution in [0.2, 0.25) is 0 Å². The fourth-order valence-corrected chi connectivity index (χ4v) is 3.37. The second-order valence-electron chi connectivity index (χ2n) is 6.20. The number of pyridine rings is 1. The second-order valence-corrected chi connectivity index (χ2v) is 6.20. The third-order valence-corrected chi connectivity index (χ3v) is 4.77. The molecule has 6 nitrogen and oxygen atoms in total. The highest BCUT2D eigenvalue weighted by atomic mass is 35.5. The summed E-state index contributed by atoms with van der Waals surface area (Å²) in [5.74, 6) is 1.83. The minimum Gasteiger partial charge on any atom is -0.497 e. The lowest BCUT2D eigenvalue weighted by atomic mass is 9.97. The molecule has 1 saturated carbocycles. The molecule has 136 valence electrons. The Morgan fingerprint density at radius 2 is 1.83 bits per heavy atom. The lowest BCUT2D eigenvalue weighted by Gasteiger charge is -2.38. The number of anilines is 1. The molecule has 8 heteroatoms. The summed E-state index contributed by atoms with van der Waals surface area (Å²) in [6.07, 6.45) is 5.53. The lowest BCUT2D eigenvalue weighted by molar-refractivity contribution is -0.137. The van der Waals surface area contributed by atoms with Crippen LogP contribution in [0.5, 0.6) is 5.75 Å². The summed E-state index contributed by atoms with van der Waals surface area (Å²) >= 11 is 0. The smallest absolute Gasteiger partial charge is 0.242 e. The van der Waals surface area contributed by atoms with E-state index in [2.05, 4.69) is 9.88 Å². The number of nitrogens with two attached hydrogens (primary N) is 1. The molecule has 0 radical (unpaired) electrons. The zero-order valence-corrected chi connectivity index (χ0v) is 15.6. The first-order valence-corrected chi connectivity index (χ1v) is 7.96. The number of hydrogen-bond acceptors (Lipinski definition) is 5. The molecular weight excluding hydrogens is 351 g/mol. The van der Waals surface area contributed by atoms with Crippen molar-refractivity contribution in [2.75, 3.05) is 38.2 Å².